The van der Waals surface area contributed by atoms with E-state index in [0.717, 1.165) is 12.8 Å². The fraction of sp³-hybridized carbons (Fsp3) is 0.364. The summed E-state index contributed by atoms with van der Waals surface area (Å²) in [6, 6.07) is 7.42. The van der Waals surface area contributed by atoms with E-state index in [9.17, 15) is 9.90 Å². The molecule has 0 unspecified atom stereocenters. The first-order chi connectivity index (χ1) is 6.72. The maximum absolute atomic E-state index is 10.1. The van der Waals surface area contributed by atoms with E-state index in [0.29, 0.717) is 5.75 Å². The molecule has 0 aliphatic carbocycles. The van der Waals surface area contributed by atoms with Crippen molar-refractivity contribution >= 4 is 5.97 Å². The van der Waals surface area contributed by atoms with Gasteiger partial charge in [0.05, 0.1) is 5.97 Å². The third-order valence-electron chi connectivity index (χ3n) is 1.82. The van der Waals surface area contributed by atoms with Crippen molar-refractivity contribution in [3.05, 3.63) is 29.8 Å². The Morgan fingerprint density at radius 3 is 2.40 bits per heavy atom. The van der Waals surface area contributed by atoms with Crippen LogP contribution >= 0.6 is 0 Å². The molecule has 3 nitrogen and oxygen atoms in total. The standard InChI is InChI=1S/C11H14O3.Na/c1-2-3-9-4-6-10(7-5-9)14-8-11(12)13;/h4-7H,2-3,8H2,1H3,(H,12,13);/q;+1/p-1. The molecular weight excluding hydrogens is 203 g/mol. The molecule has 1 rings (SSSR count). The molecular formula is C11H13NaO3. The predicted octanol–water partition coefficient (Wildman–Crippen LogP) is -2.23. The van der Waals surface area contributed by atoms with Gasteiger partial charge in [0, 0.05) is 0 Å². The van der Waals surface area contributed by atoms with Crippen molar-refractivity contribution in [2.75, 3.05) is 6.61 Å². The zero-order valence-electron chi connectivity index (χ0n) is 9.16. The molecule has 0 spiro atoms. The van der Waals surface area contributed by atoms with E-state index in [1.165, 1.54) is 5.56 Å². The van der Waals surface area contributed by atoms with Crippen LogP contribution in [0.1, 0.15) is 18.9 Å². The van der Waals surface area contributed by atoms with Crippen molar-refractivity contribution in [2.24, 2.45) is 0 Å². The van der Waals surface area contributed by atoms with E-state index in [4.69, 9.17) is 4.74 Å². The van der Waals surface area contributed by atoms with Crippen molar-refractivity contribution in [1.82, 2.24) is 0 Å². The molecule has 0 aliphatic heterocycles. The van der Waals surface area contributed by atoms with Crippen LogP contribution in [0.4, 0.5) is 0 Å². The Labute approximate surface area is 112 Å². The number of carboxylic acids is 1. The number of aryl methyl sites for hydroxylation is 1. The number of ether oxygens (including phenoxy) is 1. The van der Waals surface area contributed by atoms with Gasteiger partial charge in [0.15, 0.2) is 0 Å². The number of carbonyl (C=O) groups excluding carboxylic acids is 1. The Kier molecular flexibility index (Phi) is 7.48. The Hall–Kier alpha value is -0.510. The second-order valence-corrected chi connectivity index (χ2v) is 3.05. The SMILES string of the molecule is CCCc1ccc(OCC(=O)[O-])cc1.[Na+]. The van der Waals surface area contributed by atoms with E-state index in [1.54, 1.807) is 12.1 Å². The topological polar surface area (TPSA) is 49.4 Å². The molecule has 15 heavy (non-hydrogen) atoms. The maximum Gasteiger partial charge on any atom is 1.00 e. The van der Waals surface area contributed by atoms with Crippen LogP contribution in [0.25, 0.3) is 0 Å². The summed E-state index contributed by atoms with van der Waals surface area (Å²) in [5.41, 5.74) is 1.23. The second-order valence-electron chi connectivity index (χ2n) is 3.05. The number of hydrogen-bond acceptors (Lipinski definition) is 3. The summed E-state index contributed by atoms with van der Waals surface area (Å²) in [4.78, 5) is 10.1. The Balaban J connectivity index is 0.00000196. The molecule has 0 fully saturated rings. The van der Waals surface area contributed by atoms with Crippen LogP contribution in [0.2, 0.25) is 0 Å². The molecule has 0 heterocycles. The molecule has 0 aromatic heterocycles. The average Bonchev–Trinajstić information content (AvgIpc) is 2.17. The van der Waals surface area contributed by atoms with Gasteiger partial charge in [-0.05, 0) is 24.1 Å². The normalized spacial score (nSPS) is 9.13. The molecule has 0 atom stereocenters. The molecule has 0 radical (unpaired) electrons. The molecule has 76 valence electrons. The average molecular weight is 216 g/mol. The zero-order valence-corrected chi connectivity index (χ0v) is 11.2. The van der Waals surface area contributed by atoms with Crippen LogP contribution in [0.15, 0.2) is 24.3 Å². The van der Waals surface area contributed by atoms with Gasteiger partial charge in [-0.15, -0.1) is 0 Å². The molecule has 4 heteroatoms. The number of benzene rings is 1. The van der Waals surface area contributed by atoms with Crippen LogP contribution in [-0.4, -0.2) is 12.6 Å². The third-order valence-corrected chi connectivity index (χ3v) is 1.82. The van der Waals surface area contributed by atoms with E-state index < -0.39 is 12.6 Å². The van der Waals surface area contributed by atoms with Gasteiger partial charge in [0.25, 0.3) is 0 Å². The second kappa shape index (κ2) is 7.74. The minimum absolute atomic E-state index is 0. The van der Waals surface area contributed by atoms with Crippen molar-refractivity contribution in [2.45, 2.75) is 19.8 Å². The molecule has 1 aromatic carbocycles. The number of rotatable bonds is 5. The summed E-state index contributed by atoms with van der Waals surface area (Å²) < 4.78 is 4.94. The molecule has 0 saturated carbocycles. The van der Waals surface area contributed by atoms with Gasteiger partial charge in [0.2, 0.25) is 0 Å². The van der Waals surface area contributed by atoms with Gasteiger partial charge in [-0.25, -0.2) is 0 Å². The quantitative estimate of drug-likeness (QED) is 0.523. The minimum atomic E-state index is -1.21. The van der Waals surface area contributed by atoms with Gasteiger partial charge in [-0.1, -0.05) is 25.5 Å². The first-order valence-electron chi connectivity index (χ1n) is 4.64. The van der Waals surface area contributed by atoms with Crippen LogP contribution in [0.3, 0.4) is 0 Å². The van der Waals surface area contributed by atoms with Crippen molar-refractivity contribution in [3.63, 3.8) is 0 Å². The summed E-state index contributed by atoms with van der Waals surface area (Å²) in [5.74, 6) is -0.642. The van der Waals surface area contributed by atoms with Gasteiger partial charge in [-0.2, -0.15) is 0 Å². The van der Waals surface area contributed by atoms with Gasteiger partial charge in [-0.3, -0.25) is 0 Å². The van der Waals surface area contributed by atoms with Crippen LogP contribution in [0, 0.1) is 0 Å². The van der Waals surface area contributed by atoms with Gasteiger partial charge in [0.1, 0.15) is 12.4 Å². The summed E-state index contributed by atoms with van der Waals surface area (Å²) in [7, 11) is 0. The first kappa shape index (κ1) is 14.5. The summed E-state index contributed by atoms with van der Waals surface area (Å²) in [6.45, 7) is 1.72. The van der Waals surface area contributed by atoms with Crippen molar-refractivity contribution in [1.29, 1.82) is 0 Å². The maximum atomic E-state index is 10.1. The van der Waals surface area contributed by atoms with Crippen LogP contribution in [0.5, 0.6) is 5.75 Å². The molecule has 0 bridgehead atoms. The van der Waals surface area contributed by atoms with Gasteiger partial charge < -0.3 is 14.6 Å². The van der Waals surface area contributed by atoms with Crippen molar-refractivity contribution < 1.29 is 44.2 Å². The fourth-order valence-electron chi connectivity index (χ4n) is 1.18. The fourth-order valence-corrected chi connectivity index (χ4v) is 1.18. The molecule has 0 saturated heterocycles. The molecule has 1 aromatic rings. The van der Waals surface area contributed by atoms with E-state index in [-0.39, 0.29) is 29.6 Å². The Morgan fingerprint density at radius 1 is 1.33 bits per heavy atom. The Morgan fingerprint density at radius 2 is 1.93 bits per heavy atom. The third kappa shape index (κ3) is 5.82. The predicted molar refractivity (Wildman–Crippen MR) is 50.9 cm³/mol. The van der Waals surface area contributed by atoms with E-state index >= 15 is 0 Å². The summed E-state index contributed by atoms with van der Waals surface area (Å²) in [5, 5.41) is 10.1. The van der Waals surface area contributed by atoms with E-state index in [2.05, 4.69) is 6.92 Å². The summed E-state index contributed by atoms with van der Waals surface area (Å²) >= 11 is 0. The molecule has 0 N–H and O–H groups in total. The molecule has 0 aliphatic rings. The number of carboxylic acid groups (broad SMARTS) is 1. The van der Waals surface area contributed by atoms with Gasteiger partial charge >= 0.3 is 29.6 Å². The summed E-state index contributed by atoms with van der Waals surface area (Å²) in [6.07, 6.45) is 2.13. The van der Waals surface area contributed by atoms with Crippen molar-refractivity contribution in [3.8, 4) is 5.75 Å². The zero-order chi connectivity index (χ0) is 10.4. The monoisotopic (exact) mass is 216 g/mol. The van der Waals surface area contributed by atoms with E-state index in [1.807, 2.05) is 12.1 Å². The number of carbonyl (C=O) groups is 1. The molecule has 0 amide bonds. The minimum Gasteiger partial charge on any atom is -0.546 e. The Bertz CT molecular complexity index is 295. The van der Waals surface area contributed by atoms with Crippen LogP contribution in [-0.2, 0) is 11.2 Å². The van der Waals surface area contributed by atoms with Crippen LogP contribution < -0.4 is 39.4 Å². The number of hydrogen-bond donors (Lipinski definition) is 0. The number of aliphatic carboxylic acids is 1. The first-order valence-corrected chi connectivity index (χ1v) is 4.64. The largest absolute Gasteiger partial charge is 1.00 e. The smallest absolute Gasteiger partial charge is 0.546 e.